The molecule has 1 N–H and O–H groups in total. The molecule has 30 heavy (non-hydrogen) atoms. The van der Waals surface area contributed by atoms with Gasteiger partial charge in [0.2, 0.25) is 0 Å². The van der Waals surface area contributed by atoms with E-state index in [0.717, 1.165) is 43.5 Å². The van der Waals surface area contributed by atoms with Gasteiger partial charge in [0, 0.05) is 17.0 Å². The lowest BCUT2D eigenvalue weighted by molar-refractivity contribution is -0.387. The zero-order valence-corrected chi connectivity index (χ0v) is 17.1. The molecule has 3 rings (SSSR count). The third-order valence-corrected chi connectivity index (χ3v) is 6.20. The van der Waals surface area contributed by atoms with Crippen LogP contribution >= 0.6 is 11.8 Å². The van der Waals surface area contributed by atoms with Crippen molar-refractivity contribution in [3.8, 4) is 12.1 Å². The summed E-state index contributed by atoms with van der Waals surface area (Å²) >= 11 is 1.05. The smallest absolute Gasteiger partial charge is 0.284 e. The van der Waals surface area contributed by atoms with Gasteiger partial charge < -0.3 is 5.32 Å². The molecule has 1 fully saturated rings. The van der Waals surface area contributed by atoms with Crippen LogP contribution in [0.15, 0.2) is 46.2 Å². The molecule has 2 aromatic carbocycles. The number of hydrogen-bond acceptors (Lipinski definition) is 6. The van der Waals surface area contributed by atoms with Crippen LogP contribution in [0.5, 0.6) is 0 Å². The molecule has 1 saturated carbocycles. The summed E-state index contributed by atoms with van der Waals surface area (Å²) in [5.41, 5.74) is 0.178. The number of hydrogen-bond donors (Lipinski definition) is 1. The molecule has 0 spiro atoms. The van der Waals surface area contributed by atoms with Crippen molar-refractivity contribution in [2.45, 2.75) is 54.4 Å². The summed E-state index contributed by atoms with van der Waals surface area (Å²) in [5.74, 6) is -0.207. The Morgan fingerprint density at radius 1 is 1.03 bits per heavy atom. The number of nitriles is 2. The van der Waals surface area contributed by atoms with Crippen LogP contribution in [0.2, 0.25) is 0 Å². The Labute approximate surface area is 178 Å². The van der Waals surface area contributed by atoms with Gasteiger partial charge in [-0.2, -0.15) is 10.5 Å². The highest BCUT2D eigenvalue weighted by Crippen LogP contribution is 2.38. The van der Waals surface area contributed by atoms with E-state index in [-0.39, 0.29) is 33.7 Å². The van der Waals surface area contributed by atoms with E-state index < -0.39 is 4.92 Å². The second-order valence-electron chi connectivity index (χ2n) is 7.11. The summed E-state index contributed by atoms with van der Waals surface area (Å²) in [6.45, 7) is 0. The highest BCUT2D eigenvalue weighted by Gasteiger charge is 2.22. The van der Waals surface area contributed by atoms with Gasteiger partial charge in [-0.05, 0) is 31.0 Å². The molecule has 8 heteroatoms. The van der Waals surface area contributed by atoms with E-state index in [9.17, 15) is 20.2 Å². The number of nitrogens with one attached hydrogen (secondary N) is 1. The molecule has 152 valence electrons. The zero-order valence-electron chi connectivity index (χ0n) is 16.3. The number of nitro groups is 1. The van der Waals surface area contributed by atoms with E-state index in [2.05, 4.69) is 5.32 Å². The first-order valence-electron chi connectivity index (χ1n) is 9.74. The number of benzene rings is 2. The van der Waals surface area contributed by atoms with E-state index in [1.807, 2.05) is 12.1 Å². The van der Waals surface area contributed by atoms with E-state index in [0.29, 0.717) is 10.5 Å². The monoisotopic (exact) mass is 420 g/mol. The van der Waals surface area contributed by atoms with E-state index in [4.69, 9.17) is 5.26 Å². The van der Waals surface area contributed by atoms with E-state index in [1.165, 1.54) is 18.9 Å². The van der Waals surface area contributed by atoms with Gasteiger partial charge in [0.1, 0.15) is 12.1 Å². The molecule has 0 aromatic heterocycles. The lowest BCUT2D eigenvalue weighted by atomic mass is 10.1. The summed E-state index contributed by atoms with van der Waals surface area (Å²) < 4.78 is 0. The standard InChI is InChI=1S/C22H20N4O3S/c23-13-15-11-19(26(28)29)21(12-16(15)14-24)30-20-10-6-5-9-18(20)22(27)25-17-7-3-1-2-4-8-17/h5-6,9-12,17H,1-4,7-8H2,(H,25,27). The molecule has 0 saturated heterocycles. The van der Waals surface area contributed by atoms with Gasteiger partial charge >= 0.3 is 0 Å². The van der Waals surface area contributed by atoms with Crippen molar-refractivity contribution in [3.05, 3.63) is 63.2 Å². The fraction of sp³-hybridized carbons (Fsp3) is 0.318. The SMILES string of the molecule is N#Cc1cc(Sc2ccccc2C(=O)NC2CCCCCC2)c([N+](=O)[O-])cc1C#N. The van der Waals surface area contributed by atoms with Crippen LogP contribution in [0.1, 0.15) is 60.0 Å². The Kier molecular flexibility index (Phi) is 7.05. The molecule has 0 atom stereocenters. The van der Waals surface area contributed by atoms with Gasteiger partial charge in [-0.1, -0.05) is 49.6 Å². The lowest BCUT2D eigenvalue weighted by Gasteiger charge is -2.17. The van der Waals surface area contributed by atoms with Crippen molar-refractivity contribution in [2.75, 3.05) is 0 Å². The molecule has 1 aliphatic rings. The maximum Gasteiger partial charge on any atom is 0.284 e. The van der Waals surface area contributed by atoms with Crippen molar-refractivity contribution in [3.63, 3.8) is 0 Å². The number of carbonyl (C=O) groups excluding carboxylic acids is 1. The van der Waals surface area contributed by atoms with Gasteiger partial charge in [-0.3, -0.25) is 14.9 Å². The molecule has 0 unspecified atom stereocenters. The number of nitrogens with zero attached hydrogens (tertiary/aromatic N) is 3. The summed E-state index contributed by atoms with van der Waals surface area (Å²) in [4.78, 5) is 24.6. The van der Waals surface area contributed by atoms with Crippen LogP contribution in [0, 0.1) is 32.8 Å². The number of amides is 1. The molecule has 0 radical (unpaired) electrons. The molecule has 1 aliphatic carbocycles. The third-order valence-electron chi connectivity index (χ3n) is 5.08. The van der Waals surface area contributed by atoms with Crippen LogP contribution in [0.3, 0.4) is 0 Å². The molecular weight excluding hydrogens is 400 g/mol. The van der Waals surface area contributed by atoms with Gasteiger partial charge in [0.15, 0.2) is 0 Å². The Balaban J connectivity index is 1.91. The quantitative estimate of drug-likeness (QED) is 0.415. The van der Waals surface area contributed by atoms with Crippen LogP contribution < -0.4 is 5.32 Å². The maximum atomic E-state index is 12.9. The van der Waals surface area contributed by atoms with Gasteiger partial charge in [0.25, 0.3) is 11.6 Å². The Morgan fingerprint density at radius 3 is 2.30 bits per heavy atom. The minimum absolute atomic E-state index is 0.0482. The van der Waals surface area contributed by atoms with Crippen LogP contribution in [0.25, 0.3) is 0 Å². The van der Waals surface area contributed by atoms with Gasteiger partial charge in [-0.15, -0.1) is 0 Å². The molecule has 0 heterocycles. The van der Waals surface area contributed by atoms with Crippen LogP contribution in [0.4, 0.5) is 5.69 Å². The molecule has 2 aromatic rings. The largest absolute Gasteiger partial charge is 0.349 e. The van der Waals surface area contributed by atoms with Crippen molar-refractivity contribution >= 4 is 23.4 Å². The van der Waals surface area contributed by atoms with Crippen molar-refractivity contribution in [1.82, 2.24) is 5.32 Å². The van der Waals surface area contributed by atoms with Gasteiger partial charge in [0.05, 0.1) is 26.5 Å². The highest BCUT2D eigenvalue weighted by molar-refractivity contribution is 7.99. The first-order valence-corrected chi connectivity index (χ1v) is 10.6. The number of nitro benzene ring substituents is 1. The van der Waals surface area contributed by atoms with Gasteiger partial charge in [-0.25, -0.2) is 0 Å². The van der Waals surface area contributed by atoms with E-state index >= 15 is 0 Å². The molecular formula is C22H20N4O3S. The average molecular weight is 420 g/mol. The highest BCUT2D eigenvalue weighted by atomic mass is 32.2. The van der Waals surface area contributed by atoms with Crippen molar-refractivity contribution in [1.29, 1.82) is 10.5 Å². The maximum absolute atomic E-state index is 12.9. The summed E-state index contributed by atoms with van der Waals surface area (Å²) in [6.07, 6.45) is 6.46. The predicted molar refractivity (Wildman–Crippen MR) is 112 cm³/mol. The topological polar surface area (TPSA) is 120 Å². The first-order chi connectivity index (χ1) is 14.5. The fourth-order valence-electron chi connectivity index (χ4n) is 3.53. The fourth-order valence-corrected chi connectivity index (χ4v) is 4.60. The summed E-state index contributed by atoms with van der Waals surface area (Å²) in [5, 5.41) is 33.0. The minimum Gasteiger partial charge on any atom is -0.349 e. The van der Waals surface area contributed by atoms with Crippen molar-refractivity contribution < 1.29 is 9.72 Å². The third kappa shape index (κ3) is 4.97. The summed E-state index contributed by atoms with van der Waals surface area (Å²) in [7, 11) is 0. The Bertz CT molecular complexity index is 1050. The molecule has 1 amide bonds. The number of rotatable bonds is 5. The molecule has 0 aliphatic heterocycles. The molecule has 0 bridgehead atoms. The minimum atomic E-state index is -0.585. The summed E-state index contributed by atoms with van der Waals surface area (Å²) in [6, 6.07) is 13.2. The Hall–Kier alpha value is -3.36. The first kappa shape index (κ1) is 21.4. The average Bonchev–Trinajstić information content (AvgIpc) is 3.02. The second kappa shape index (κ2) is 9.91. The van der Waals surface area contributed by atoms with Crippen LogP contribution in [-0.4, -0.2) is 16.9 Å². The number of carbonyl (C=O) groups is 1. The predicted octanol–water partition coefficient (Wildman–Crippen LogP) is 4.94. The van der Waals surface area contributed by atoms with Crippen molar-refractivity contribution in [2.24, 2.45) is 0 Å². The van der Waals surface area contributed by atoms with Crippen LogP contribution in [-0.2, 0) is 0 Å². The second-order valence-corrected chi connectivity index (χ2v) is 8.19. The Morgan fingerprint density at radius 2 is 1.67 bits per heavy atom. The zero-order chi connectivity index (χ0) is 21.5. The lowest BCUT2D eigenvalue weighted by Crippen LogP contribution is -2.34. The van der Waals surface area contributed by atoms with E-state index in [1.54, 1.807) is 24.3 Å². The molecule has 7 nitrogen and oxygen atoms in total. The normalized spacial score (nSPS) is 14.2.